The number of carbonyl (C=O) groups is 2. The molecule has 0 atom stereocenters. The molecule has 184 valence electrons. The zero-order chi connectivity index (χ0) is 25.4. The third-order valence-corrected chi connectivity index (χ3v) is 5.40. The molecule has 0 heterocycles. The lowest BCUT2D eigenvalue weighted by molar-refractivity contribution is 0.0901. The Morgan fingerprint density at radius 1 is 0.914 bits per heavy atom. The minimum atomic E-state index is -0.401. The largest absolute Gasteiger partial charge is 0.493 e. The van der Waals surface area contributed by atoms with Gasteiger partial charge in [0, 0.05) is 10.6 Å². The van der Waals surface area contributed by atoms with Crippen molar-refractivity contribution in [3.63, 3.8) is 0 Å². The van der Waals surface area contributed by atoms with E-state index < -0.39 is 5.91 Å². The Labute approximate surface area is 212 Å². The first-order valence-corrected chi connectivity index (χ1v) is 12.2. The fourth-order valence-electron chi connectivity index (χ4n) is 3.41. The van der Waals surface area contributed by atoms with Gasteiger partial charge < -0.3 is 14.8 Å². The van der Waals surface area contributed by atoms with Crippen molar-refractivity contribution in [2.45, 2.75) is 46.1 Å². The highest BCUT2D eigenvalue weighted by molar-refractivity contribution is 6.31. The Morgan fingerprint density at radius 3 is 2.14 bits per heavy atom. The Bertz CT molecular complexity index is 1150. The lowest BCUT2D eigenvalue weighted by Crippen LogP contribution is -2.30. The fourth-order valence-corrected chi connectivity index (χ4v) is 3.58. The average molecular weight is 494 g/mol. The van der Waals surface area contributed by atoms with Crippen molar-refractivity contribution in [2.24, 2.45) is 0 Å². The number of unbranched alkanes of at least 4 members (excludes halogenated alkanes) is 1. The molecule has 0 aliphatic heterocycles. The molecule has 1 N–H and O–H groups in total. The van der Waals surface area contributed by atoms with Crippen molar-refractivity contribution in [3.05, 3.63) is 82.9 Å². The lowest BCUT2D eigenvalue weighted by Gasteiger charge is -2.21. The first-order chi connectivity index (χ1) is 16.7. The van der Waals surface area contributed by atoms with Crippen molar-refractivity contribution in [2.75, 3.05) is 13.2 Å². The van der Waals surface area contributed by atoms with Gasteiger partial charge in [0.25, 0.3) is 5.91 Å². The summed E-state index contributed by atoms with van der Waals surface area (Å²) in [5, 5.41) is 3.11. The van der Waals surface area contributed by atoms with Crippen LogP contribution in [-0.4, -0.2) is 30.4 Å². The molecule has 5 nitrogen and oxygen atoms in total. The Balaban J connectivity index is 1.61. The summed E-state index contributed by atoms with van der Waals surface area (Å²) in [6, 6.07) is 20.1. The van der Waals surface area contributed by atoms with Gasteiger partial charge in [-0.05, 0) is 68.7 Å². The molecule has 3 aromatic rings. The highest BCUT2D eigenvalue weighted by Gasteiger charge is 2.16. The number of ketones is 1. The summed E-state index contributed by atoms with van der Waals surface area (Å²) in [6.45, 7) is 8.47. The smallest absolute Gasteiger partial charge is 0.255 e. The van der Waals surface area contributed by atoms with E-state index in [4.69, 9.17) is 21.1 Å². The van der Waals surface area contributed by atoms with Crippen LogP contribution in [0.5, 0.6) is 11.5 Å². The molecule has 0 unspecified atom stereocenters. The molecule has 0 aliphatic rings. The molecular formula is C29H32ClNO4. The van der Waals surface area contributed by atoms with Crippen LogP contribution < -0.4 is 14.8 Å². The van der Waals surface area contributed by atoms with Crippen molar-refractivity contribution in [1.82, 2.24) is 5.32 Å². The number of nitrogens with one attached hydrogen (secondary N) is 1. The van der Waals surface area contributed by atoms with E-state index in [0.29, 0.717) is 28.5 Å². The molecule has 1 amide bonds. The maximum Gasteiger partial charge on any atom is 0.255 e. The number of benzene rings is 3. The van der Waals surface area contributed by atoms with Gasteiger partial charge in [-0.3, -0.25) is 9.59 Å². The SMILES string of the molecule is CCCCOc1ccc(Cl)cc1C(=O)NCC(=O)c1ccc(-c2ccc(OC(C)(C)C)cc2)cc1. The van der Waals surface area contributed by atoms with Gasteiger partial charge in [0.05, 0.1) is 18.7 Å². The summed E-state index contributed by atoms with van der Waals surface area (Å²) in [4.78, 5) is 25.4. The van der Waals surface area contributed by atoms with Gasteiger partial charge >= 0.3 is 0 Å². The molecule has 0 fully saturated rings. The first-order valence-electron chi connectivity index (χ1n) is 11.8. The topological polar surface area (TPSA) is 64.6 Å². The molecule has 35 heavy (non-hydrogen) atoms. The molecule has 3 rings (SSSR count). The van der Waals surface area contributed by atoms with E-state index in [0.717, 1.165) is 29.7 Å². The van der Waals surface area contributed by atoms with E-state index in [2.05, 4.69) is 12.2 Å². The van der Waals surface area contributed by atoms with Crippen LogP contribution in [0.1, 0.15) is 61.3 Å². The van der Waals surface area contributed by atoms with Crippen LogP contribution in [0, 0.1) is 0 Å². The second kappa shape index (κ2) is 11.9. The van der Waals surface area contributed by atoms with Crippen LogP contribution in [0.2, 0.25) is 5.02 Å². The van der Waals surface area contributed by atoms with E-state index in [1.807, 2.05) is 57.2 Å². The number of ether oxygens (including phenoxy) is 2. The standard InChI is InChI=1S/C29H32ClNO4/c1-5-6-17-34-27-16-13-23(30)18-25(27)28(33)31-19-26(32)22-9-7-20(8-10-22)21-11-14-24(15-12-21)35-29(2,3)4/h7-16,18H,5-6,17,19H2,1-4H3,(H,31,33). The second-order valence-corrected chi connectivity index (χ2v) is 9.70. The number of halogens is 1. The minimum Gasteiger partial charge on any atom is -0.493 e. The predicted octanol–water partition coefficient (Wildman–Crippen LogP) is 6.98. The molecule has 0 radical (unpaired) electrons. The van der Waals surface area contributed by atoms with Crippen molar-refractivity contribution >= 4 is 23.3 Å². The number of rotatable bonds is 10. The third-order valence-electron chi connectivity index (χ3n) is 5.17. The zero-order valence-electron chi connectivity index (χ0n) is 20.7. The first kappa shape index (κ1) is 26.3. The summed E-state index contributed by atoms with van der Waals surface area (Å²) < 4.78 is 11.6. The molecule has 0 saturated heterocycles. The van der Waals surface area contributed by atoms with Gasteiger partial charge in [-0.2, -0.15) is 0 Å². The zero-order valence-corrected chi connectivity index (χ0v) is 21.4. The van der Waals surface area contributed by atoms with E-state index in [-0.39, 0.29) is 17.9 Å². The lowest BCUT2D eigenvalue weighted by atomic mass is 10.0. The van der Waals surface area contributed by atoms with E-state index in [9.17, 15) is 9.59 Å². The van der Waals surface area contributed by atoms with Crippen LogP contribution in [-0.2, 0) is 0 Å². The van der Waals surface area contributed by atoms with Crippen LogP contribution in [0.3, 0.4) is 0 Å². The van der Waals surface area contributed by atoms with Crippen LogP contribution in [0.15, 0.2) is 66.7 Å². The Kier molecular flexibility index (Phi) is 8.94. The summed E-state index contributed by atoms with van der Waals surface area (Å²) in [6.07, 6.45) is 1.87. The van der Waals surface area contributed by atoms with Gasteiger partial charge in [-0.15, -0.1) is 0 Å². The fraction of sp³-hybridized carbons (Fsp3) is 0.310. The van der Waals surface area contributed by atoms with Gasteiger partial charge in [-0.25, -0.2) is 0 Å². The average Bonchev–Trinajstić information content (AvgIpc) is 2.83. The summed E-state index contributed by atoms with van der Waals surface area (Å²) in [5.41, 5.74) is 2.59. The molecular weight excluding hydrogens is 462 g/mol. The second-order valence-electron chi connectivity index (χ2n) is 9.26. The van der Waals surface area contributed by atoms with Crippen molar-refractivity contribution in [3.8, 4) is 22.6 Å². The number of hydrogen-bond donors (Lipinski definition) is 1. The maximum atomic E-state index is 12.7. The third kappa shape index (κ3) is 7.86. The highest BCUT2D eigenvalue weighted by Crippen LogP contribution is 2.25. The molecule has 0 bridgehead atoms. The number of hydrogen-bond acceptors (Lipinski definition) is 4. The summed E-state index contributed by atoms with van der Waals surface area (Å²) in [7, 11) is 0. The van der Waals surface area contributed by atoms with Crippen molar-refractivity contribution in [1.29, 1.82) is 0 Å². The summed E-state index contributed by atoms with van der Waals surface area (Å²) >= 11 is 6.07. The van der Waals surface area contributed by atoms with E-state index >= 15 is 0 Å². The van der Waals surface area contributed by atoms with E-state index in [1.165, 1.54) is 0 Å². The van der Waals surface area contributed by atoms with Crippen LogP contribution >= 0.6 is 11.6 Å². The molecule has 0 aromatic heterocycles. The number of carbonyl (C=O) groups excluding carboxylic acids is 2. The van der Waals surface area contributed by atoms with Crippen LogP contribution in [0.4, 0.5) is 0 Å². The van der Waals surface area contributed by atoms with Crippen LogP contribution in [0.25, 0.3) is 11.1 Å². The van der Waals surface area contributed by atoms with Gasteiger partial charge in [0.15, 0.2) is 5.78 Å². The van der Waals surface area contributed by atoms with Gasteiger partial charge in [0.2, 0.25) is 0 Å². The maximum absolute atomic E-state index is 12.7. The Morgan fingerprint density at radius 2 is 1.54 bits per heavy atom. The number of amides is 1. The molecule has 3 aromatic carbocycles. The predicted molar refractivity (Wildman–Crippen MR) is 141 cm³/mol. The monoisotopic (exact) mass is 493 g/mol. The van der Waals surface area contributed by atoms with Gasteiger partial charge in [0.1, 0.15) is 17.1 Å². The van der Waals surface area contributed by atoms with Crippen molar-refractivity contribution < 1.29 is 19.1 Å². The summed E-state index contributed by atoms with van der Waals surface area (Å²) in [5.74, 6) is 0.675. The Hall–Kier alpha value is -3.31. The molecule has 0 saturated carbocycles. The number of Topliss-reactive ketones (excluding diaryl/α,β-unsaturated/α-hetero) is 1. The molecule has 0 aliphatic carbocycles. The van der Waals surface area contributed by atoms with E-state index in [1.54, 1.807) is 30.3 Å². The molecule has 6 heteroatoms. The quantitative estimate of drug-likeness (QED) is 0.244. The highest BCUT2D eigenvalue weighted by atomic mass is 35.5. The normalized spacial score (nSPS) is 11.1. The molecule has 0 spiro atoms. The van der Waals surface area contributed by atoms with Gasteiger partial charge in [-0.1, -0.05) is 61.3 Å². The minimum absolute atomic E-state index is 0.127.